The number of rotatable bonds is 2. The monoisotopic (exact) mass is 190 g/mol. The Morgan fingerprint density at radius 1 is 1.36 bits per heavy atom. The minimum atomic E-state index is -0.00692. The molecule has 0 saturated carbocycles. The molecule has 0 unspecified atom stereocenters. The molecule has 0 radical (unpaired) electrons. The molecule has 0 amide bonds. The SMILES string of the molecule is COc1ccc2c(CO)ccnc2n1. The van der Waals surface area contributed by atoms with E-state index in [1.807, 2.05) is 6.07 Å². The van der Waals surface area contributed by atoms with E-state index in [0.717, 1.165) is 10.9 Å². The summed E-state index contributed by atoms with van der Waals surface area (Å²) >= 11 is 0. The molecule has 1 N–H and O–H groups in total. The third-order valence-electron chi connectivity index (χ3n) is 2.05. The molecule has 2 aromatic rings. The molecule has 2 heterocycles. The lowest BCUT2D eigenvalue weighted by Crippen LogP contribution is -1.93. The summed E-state index contributed by atoms with van der Waals surface area (Å²) in [7, 11) is 1.56. The zero-order valence-corrected chi connectivity index (χ0v) is 7.77. The highest BCUT2D eigenvalue weighted by Gasteiger charge is 2.02. The van der Waals surface area contributed by atoms with E-state index in [-0.39, 0.29) is 6.61 Å². The second-order valence-corrected chi connectivity index (χ2v) is 2.85. The molecule has 2 aromatic heterocycles. The summed E-state index contributed by atoms with van der Waals surface area (Å²) in [5.41, 5.74) is 1.42. The molecule has 0 aliphatic rings. The molecular formula is C10H10N2O2. The standard InChI is InChI=1S/C10H10N2O2/c1-14-9-3-2-8-7(6-13)4-5-11-10(8)12-9/h2-5,13H,6H2,1H3. The highest BCUT2D eigenvalue weighted by Crippen LogP contribution is 2.18. The fourth-order valence-electron chi connectivity index (χ4n) is 1.32. The molecule has 0 aromatic carbocycles. The lowest BCUT2D eigenvalue weighted by molar-refractivity contribution is 0.283. The molecule has 0 aliphatic carbocycles. The second-order valence-electron chi connectivity index (χ2n) is 2.85. The molecule has 4 heteroatoms. The summed E-state index contributed by atoms with van der Waals surface area (Å²) < 4.78 is 4.98. The topological polar surface area (TPSA) is 55.2 Å². The van der Waals surface area contributed by atoms with Crippen LogP contribution >= 0.6 is 0 Å². The van der Waals surface area contributed by atoms with Crippen molar-refractivity contribution in [2.75, 3.05) is 7.11 Å². The summed E-state index contributed by atoms with van der Waals surface area (Å²) in [6.45, 7) is -0.00692. The predicted molar refractivity (Wildman–Crippen MR) is 52.0 cm³/mol. The predicted octanol–water partition coefficient (Wildman–Crippen LogP) is 1.13. The van der Waals surface area contributed by atoms with Crippen LogP contribution in [0.2, 0.25) is 0 Å². The Balaban J connectivity index is 2.67. The van der Waals surface area contributed by atoms with Gasteiger partial charge in [0.05, 0.1) is 13.7 Å². The summed E-state index contributed by atoms with van der Waals surface area (Å²) in [5, 5.41) is 9.93. The molecule has 0 aliphatic heterocycles. The lowest BCUT2D eigenvalue weighted by atomic mass is 10.2. The number of hydrogen-bond acceptors (Lipinski definition) is 4. The average Bonchev–Trinajstić information content (AvgIpc) is 2.27. The number of aliphatic hydroxyl groups is 1. The van der Waals surface area contributed by atoms with E-state index in [4.69, 9.17) is 9.84 Å². The normalized spacial score (nSPS) is 10.4. The van der Waals surface area contributed by atoms with E-state index in [1.54, 1.807) is 25.4 Å². The van der Waals surface area contributed by atoms with Gasteiger partial charge < -0.3 is 9.84 Å². The summed E-state index contributed by atoms with van der Waals surface area (Å²) in [6, 6.07) is 5.37. The summed E-state index contributed by atoms with van der Waals surface area (Å²) in [6.07, 6.45) is 1.63. The van der Waals surface area contributed by atoms with Gasteiger partial charge in [0.15, 0.2) is 5.65 Å². The van der Waals surface area contributed by atoms with Gasteiger partial charge in [0.25, 0.3) is 0 Å². The van der Waals surface area contributed by atoms with Gasteiger partial charge >= 0.3 is 0 Å². The molecule has 4 nitrogen and oxygen atoms in total. The number of methoxy groups -OCH3 is 1. The number of aliphatic hydroxyl groups excluding tert-OH is 1. The number of aromatic nitrogens is 2. The van der Waals surface area contributed by atoms with Crippen molar-refractivity contribution in [1.82, 2.24) is 9.97 Å². The van der Waals surface area contributed by atoms with Crippen molar-refractivity contribution < 1.29 is 9.84 Å². The maximum atomic E-state index is 9.08. The molecule has 0 bridgehead atoms. The highest BCUT2D eigenvalue weighted by atomic mass is 16.5. The van der Waals surface area contributed by atoms with E-state index < -0.39 is 0 Å². The Hall–Kier alpha value is -1.68. The molecule has 0 saturated heterocycles. The average molecular weight is 190 g/mol. The summed E-state index contributed by atoms with van der Waals surface area (Å²) in [4.78, 5) is 8.25. The van der Waals surface area contributed by atoms with Crippen LogP contribution in [0, 0.1) is 0 Å². The Morgan fingerprint density at radius 2 is 2.21 bits per heavy atom. The van der Waals surface area contributed by atoms with Gasteiger partial charge in [-0.25, -0.2) is 4.98 Å². The molecule has 14 heavy (non-hydrogen) atoms. The lowest BCUT2D eigenvalue weighted by Gasteiger charge is -2.03. The maximum absolute atomic E-state index is 9.08. The Kier molecular flexibility index (Phi) is 2.28. The first-order chi connectivity index (χ1) is 6.85. The highest BCUT2D eigenvalue weighted by molar-refractivity contribution is 5.78. The van der Waals surface area contributed by atoms with Crippen LogP contribution in [0.4, 0.5) is 0 Å². The van der Waals surface area contributed by atoms with Crippen LogP contribution in [0.25, 0.3) is 11.0 Å². The van der Waals surface area contributed by atoms with Gasteiger partial charge in [-0.15, -0.1) is 0 Å². The molecule has 0 fully saturated rings. The van der Waals surface area contributed by atoms with Crippen molar-refractivity contribution in [3.8, 4) is 5.88 Å². The Labute approximate surface area is 81.2 Å². The van der Waals surface area contributed by atoms with Crippen molar-refractivity contribution in [2.45, 2.75) is 6.61 Å². The first-order valence-corrected chi connectivity index (χ1v) is 4.24. The minimum absolute atomic E-state index is 0.00692. The third-order valence-corrected chi connectivity index (χ3v) is 2.05. The Morgan fingerprint density at radius 3 is 2.93 bits per heavy atom. The number of pyridine rings is 2. The van der Waals surface area contributed by atoms with E-state index in [0.29, 0.717) is 11.5 Å². The van der Waals surface area contributed by atoms with Crippen LogP contribution in [-0.2, 0) is 6.61 Å². The molecular weight excluding hydrogens is 180 g/mol. The zero-order chi connectivity index (χ0) is 9.97. The minimum Gasteiger partial charge on any atom is -0.481 e. The molecule has 2 rings (SSSR count). The Bertz CT molecular complexity index is 457. The van der Waals surface area contributed by atoms with Crippen molar-refractivity contribution >= 4 is 11.0 Å². The van der Waals surface area contributed by atoms with Crippen LogP contribution in [0.5, 0.6) is 5.88 Å². The quantitative estimate of drug-likeness (QED) is 0.771. The van der Waals surface area contributed by atoms with Gasteiger partial charge in [-0.2, -0.15) is 4.98 Å². The fraction of sp³-hybridized carbons (Fsp3) is 0.200. The largest absolute Gasteiger partial charge is 0.481 e. The van der Waals surface area contributed by atoms with Crippen LogP contribution in [0.1, 0.15) is 5.56 Å². The molecule has 0 atom stereocenters. The number of ether oxygens (including phenoxy) is 1. The third kappa shape index (κ3) is 1.40. The van der Waals surface area contributed by atoms with Crippen molar-refractivity contribution in [2.24, 2.45) is 0 Å². The zero-order valence-electron chi connectivity index (χ0n) is 7.77. The van der Waals surface area contributed by atoms with Gasteiger partial charge in [-0.3, -0.25) is 0 Å². The van der Waals surface area contributed by atoms with Gasteiger partial charge in [0, 0.05) is 17.6 Å². The van der Waals surface area contributed by atoms with Crippen LogP contribution in [0.3, 0.4) is 0 Å². The van der Waals surface area contributed by atoms with E-state index in [9.17, 15) is 0 Å². The van der Waals surface area contributed by atoms with Crippen molar-refractivity contribution in [1.29, 1.82) is 0 Å². The van der Waals surface area contributed by atoms with E-state index >= 15 is 0 Å². The second kappa shape index (κ2) is 3.59. The smallest absolute Gasteiger partial charge is 0.215 e. The number of fused-ring (bicyclic) bond motifs is 1. The molecule has 72 valence electrons. The summed E-state index contributed by atoms with van der Waals surface area (Å²) in [5.74, 6) is 0.528. The van der Waals surface area contributed by atoms with Crippen LogP contribution in [-0.4, -0.2) is 22.2 Å². The first-order valence-electron chi connectivity index (χ1n) is 4.24. The molecule has 0 spiro atoms. The van der Waals surface area contributed by atoms with E-state index in [1.165, 1.54) is 0 Å². The number of hydrogen-bond donors (Lipinski definition) is 1. The van der Waals surface area contributed by atoms with Gasteiger partial charge in [-0.05, 0) is 17.7 Å². The van der Waals surface area contributed by atoms with Gasteiger partial charge in [-0.1, -0.05) is 0 Å². The van der Waals surface area contributed by atoms with Crippen molar-refractivity contribution in [3.05, 3.63) is 30.0 Å². The maximum Gasteiger partial charge on any atom is 0.215 e. The van der Waals surface area contributed by atoms with Crippen molar-refractivity contribution in [3.63, 3.8) is 0 Å². The van der Waals surface area contributed by atoms with Gasteiger partial charge in [0.1, 0.15) is 0 Å². The first kappa shape index (κ1) is 8.90. The fourth-order valence-corrected chi connectivity index (χ4v) is 1.32. The van der Waals surface area contributed by atoms with Crippen LogP contribution < -0.4 is 4.74 Å². The number of nitrogens with zero attached hydrogens (tertiary/aromatic N) is 2. The van der Waals surface area contributed by atoms with E-state index in [2.05, 4.69) is 9.97 Å². The van der Waals surface area contributed by atoms with Crippen LogP contribution in [0.15, 0.2) is 24.4 Å². The van der Waals surface area contributed by atoms with Gasteiger partial charge in [0.2, 0.25) is 5.88 Å².